The number of hydrogen-bond donors (Lipinski definition) is 1. The highest BCUT2D eigenvalue weighted by molar-refractivity contribution is 5.81. The number of rotatable bonds is 1. The predicted octanol–water partition coefficient (Wildman–Crippen LogP) is 3.06. The predicted molar refractivity (Wildman–Crippen MR) is 84.2 cm³/mol. The summed E-state index contributed by atoms with van der Waals surface area (Å²) < 4.78 is 0. The molecule has 1 N–H and O–H groups in total. The first-order valence-electron chi connectivity index (χ1n) is 8.45. The molecule has 1 aliphatic carbocycles. The molecule has 0 aromatic heterocycles. The van der Waals surface area contributed by atoms with Gasteiger partial charge in [0, 0.05) is 24.8 Å². The van der Waals surface area contributed by atoms with Crippen molar-refractivity contribution in [3.63, 3.8) is 0 Å². The highest BCUT2D eigenvalue weighted by Crippen LogP contribution is 2.38. The summed E-state index contributed by atoms with van der Waals surface area (Å²) in [5.74, 6) is 1.30. The van der Waals surface area contributed by atoms with E-state index in [1.807, 2.05) is 0 Å². The smallest absolute Gasteiger partial charge is 0.228 e. The van der Waals surface area contributed by atoms with Crippen molar-refractivity contribution in [1.82, 2.24) is 4.90 Å². The first-order chi connectivity index (χ1) is 10.3. The van der Waals surface area contributed by atoms with E-state index in [0.717, 1.165) is 25.4 Å². The second-order valence-corrected chi connectivity index (χ2v) is 6.87. The number of hydrogen-bond acceptors (Lipinski definition) is 2. The van der Waals surface area contributed by atoms with E-state index >= 15 is 0 Å². The average molecular weight is 284 g/mol. The van der Waals surface area contributed by atoms with E-state index in [4.69, 9.17) is 0 Å². The van der Waals surface area contributed by atoms with Crippen molar-refractivity contribution in [1.29, 1.82) is 0 Å². The molecule has 3 unspecified atom stereocenters. The monoisotopic (exact) mass is 284 g/mol. The molecule has 2 fully saturated rings. The Labute approximate surface area is 126 Å². The molecule has 0 radical (unpaired) electrons. The van der Waals surface area contributed by atoms with Gasteiger partial charge in [0.15, 0.2) is 0 Å². The Morgan fingerprint density at radius 1 is 1.14 bits per heavy atom. The Hall–Kier alpha value is -1.51. The molecule has 1 aromatic rings. The van der Waals surface area contributed by atoms with Crippen LogP contribution in [0, 0.1) is 11.8 Å². The third-order valence-electron chi connectivity index (χ3n) is 5.65. The lowest BCUT2D eigenvalue weighted by atomic mass is 9.88. The Balaban J connectivity index is 1.50. The number of carbonyl (C=O) groups is 1. The van der Waals surface area contributed by atoms with Crippen LogP contribution in [0.25, 0.3) is 0 Å². The Kier molecular flexibility index (Phi) is 3.36. The van der Waals surface area contributed by atoms with E-state index in [-0.39, 0.29) is 5.92 Å². The number of amides is 1. The van der Waals surface area contributed by atoms with Gasteiger partial charge in [-0.3, -0.25) is 4.79 Å². The summed E-state index contributed by atoms with van der Waals surface area (Å²) in [4.78, 5) is 15.2. The van der Waals surface area contributed by atoms with Gasteiger partial charge in [0.25, 0.3) is 0 Å². The van der Waals surface area contributed by atoms with Gasteiger partial charge in [0.05, 0.1) is 5.92 Å². The summed E-state index contributed by atoms with van der Waals surface area (Å²) in [6.45, 7) is 1.78. The van der Waals surface area contributed by atoms with E-state index in [9.17, 15) is 4.79 Å². The lowest BCUT2D eigenvalue weighted by Crippen LogP contribution is -2.50. The van der Waals surface area contributed by atoms with Gasteiger partial charge < -0.3 is 10.2 Å². The van der Waals surface area contributed by atoms with Crippen molar-refractivity contribution >= 4 is 11.6 Å². The number of anilines is 1. The lowest BCUT2D eigenvalue weighted by Gasteiger charge is -2.40. The number of para-hydroxylation sites is 1. The molecule has 21 heavy (non-hydrogen) atoms. The van der Waals surface area contributed by atoms with Crippen molar-refractivity contribution in [2.75, 3.05) is 18.4 Å². The fourth-order valence-corrected chi connectivity index (χ4v) is 4.58. The van der Waals surface area contributed by atoms with Crippen molar-refractivity contribution in [3.8, 4) is 0 Å². The van der Waals surface area contributed by atoms with Gasteiger partial charge in [0.1, 0.15) is 0 Å². The van der Waals surface area contributed by atoms with Gasteiger partial charge in [-0.15, -0.1) is 0 Å². The molecule has 0 spiro atoms. The molecule has 3 nitrogen and oxygen atoms in total. The van der Waals surface area contributed by atoms with Crippen LogP contribution in [0.5, 0.6) is 0 Å². The Bertz CT molecular complexity index is 542. The zero-order valence-corrected chi connectivity index (χ0v) is 12.6. The third-order valence-corrected chi connectivity index (χ3v) is 5.65. The molecular formula is C18H24N2O. The van der Waals surface area contributed by atoms with E-state index in [1.54, 1.807) is 0 Å². The van der Waals surface area contributed by atoms with Crippen molar-refractivity contribution in [2.45, 2.75) is 44.6 Å². The summed E-state index contributed by atoms with van der Waals surface area (Å²) in [7, 11) is 0. The molecule has 3 atom stereocenters. The minimum absolute atomic E-state index is 0.124. The normalized spacial score (nSPS) is 31.2. The molecule has 1 amide bonds. The van der Waals surface area contributed by atoms with Crippen molar-refractivity contribution in [2.24, 2.45) is 11.8 Å². The number of nitrogens with one attached hydrogen (secondary N) is 1. The second-order valence-electron chi connectivity index (χ2n) is 6.87. The molecule has 0 bridgehead atoms. The molecule has 1 aromatic carbocycles. The van der Waals surface area contributed by atoms with Gasteiger partial charge in [-0.25, -0.2) is 0 Å². The van der Waals surface area contributed by atoms with Crippen LogP contribution in [0.1, 0.15) is 37.7 Å². The quantitative estimate of drug-likeness (QED) is 0.859. The maximum absolute atomic E-state index is 13.0. The van der Waals surface area contributed by atoms with Gasteiger partial charge in [-0.1, -0.05) is 24.6 Å². The molecule has 2 heterocycles. The molecule has 4 rings (SSSR count). The highest BCUT2D eigenvalue weighted by atomic mass is 16.2. The van der Waals surface area contributed by atoms with Crippen LogP contribution in [0.15, 0.2) is 24.3 Å². The van der Waals surface area contributed by atoms with Crippen LogP contribution in [-0.4, -0.2) is 29.9 Å². The molecule has 3 heteroatoms. The Morgan fingerprint density at radius 2 is 2.00 bits per heavy atom. The zero-order valence-electron chi connectivity index (χ0n) is 12.6. The number of carbonyl (C=O) groups excluding carboxylic acids is 1. The molecule has 3 aliphatic rings. The number of piperidine rings is 1. The highest BCUT2D eigenvalue weighted by Gasteiger charge is 2.39. The fourth-order valence-electron chi connectivity index (χ4n) is 4.58. The van der Waals surface area contributed by atoms with E-state index in [0.29, 0.717) is 11.9 Å². The zero-order chi connectivity index (χ0) is 14.2. The maximum atomic E-state index is 13.0. The SMILES string of the molecule is O=C(C1CNc2ccccc2C1)N1CCCC2CCCC21. The van der Waals surface area contributed by atoms with Crippen LogP contribution in [-0.2, 0) is 11.2 Å². The summed E-state index contributed by atoms with van der Waals surface area (Å²) in [6.07, 6.45) is 7.30. The lowest BCUT2D eigenvalue weighted by molar-refractivity contribution is -0.139. The summed E-state index contributed by atoms with van der Waals surface area (Å²) in [6, 6.07) is 8.94. The van der Waals surface area contributed by atoms with Crippen LogP contribution in [0.3, 0.4) is 0 Å². The summed E-state index contributed by atoms with van der Waals surface area (Å²) in [5.41, 5.74) is 2.50. The third kappa shape index (κ3) is 2.33. The van der Waals surface area contributed by atoms with Crippen LogP contribution >= 0.6 is 0 Å². The number of benzene rings is 1. The summed E-state index contributed by atoms with van der Waals surface area (Å²) >= 11 is 0. The summed E-state index contributed by atoms with van der Waals surface area (Å²) in [5, 5.41) is 3.44. The fraction of sp³-hybridized carbons (Fsp3) is 0.611. The number of fused-ring (bicyclic) bond motifs is 2. The maximum Gasteiger partial charge on any atom is 0.228 e. The average Bonchev–Trinajstić information content (AvgIpc) is 3.02. The minimum Gasteiger partial charge on any atom is -0.384 e. The molecular weight excluding hydrogens is 260 g/mol. The van der Waals surface area contributed by atoms with Crippen LogP contribution in [0.2, 0.25) is 0 Å². The van der Waals surface area contributed by atoms with Crippen molar-refractivity contribution < 1.29 is 4.79 Å². The molecule has 2 aliphatic heterocycles. The minimum atomic E-state index is 0.124. The number of nitrogens with zero attached hydrogens (tertiary/aromatic N) is 1. The second kappa shape index (κ2) is 5.36. The van der Waals surface area contributed by atoms with Gasteiger partial charge in [0.2, 0.25) is 5.91 Å². The molecule has 112 valence electrons. The van der Waals surface area contributed by atoms with Gasteiger partial charge >= 0.3 is 0 Å². The van der Waals surface area contributed by atoms with Crippen LogP contribution in [0.4, 0.5) is 5.69 Å². The topological polar surface area (TPSA) is 32.3 Å². The van der Waals surface area contributed by atoms with E-state index in [1.165, 1.54) is 43.4 Å². The largest absolute Gasteiger partial charge is 0.384 e. The number of likely N-dealkylation sites (tertiary alicyclic amines) is 1. The molecule has 1 saturated heterocycles. The first kappa shape index (κ1) is 13.2. The Morgan fingerprint density at radius 3 is 2.95 bits per heavy atom. The first-order valence-corrected chi connectivity index (χ1v) is 8.45. The van der Waals surface area contributed by atoms with E-state index < -0.39 is 0 Å². The standard InChI is InChI=1S/C18H24N2O/c21-18(20-10-4-7-13-6-3-9-17(13)20)15-11-14-5-1-2-8-16(14)19-12-15/h1-2,5,8,13,15,17,19H,3-4,6-7,9-12H2. The van der Waals surface area contributed by atoms with Crippen LogP contribution < -0.4 is 5.32 Å². The molecule has 1 saturated carbocycles. The van der Waals surface area contributed by atoms with Gasteiger partial charge in [-0.2, -0.15) is 0 Å². The van der Waals surface area contributed by atoms with E-state index in [2.05, 4.69) is 34.5 Å². The van der Waals surface area contributed by atoms with Gasteiger partial charge in [-0.05, 0) is 49.7 Å². The van der Waals surface area contributed by atoms with Crippen molar-refractivity contribution in [3.05, 3.63) is 29.8 Å².